The van der Waals surface area contributed by atoms with Gasteiger partial charge in [0.15, 0.2) is 11.2 Å². The number of hydrogen-bond donors (Lipinski definition) is 2. The summed E-state index contributed by atoms with van der Waals surface area (Å²) in [6, 6.07) is 3.17. The SMILES string of the molecule is CCCc1c(OCCCC/C=C\[C@@H](c2c(C(=O)OC)oc3c(c2=O)=CCC(=S)C=3)[C@H](O)CCC(F)(F)F)ccc(C(C)=O)c1O. The van der Waals surface area contributed by atoms with E-state index < -0.39 is 48.2 Å². The number of halogens is 3. The normalized spacial score (nSPS) is 14.3. The van der Waals surface area contributed by atoms with Gasteiger partial charge in [0.2, 0.25) is 5.76 Å². The Hall–Kier alpha value is -3.77. The Morgan fingerprint density at radius 3 is 2.60 bits per heavy atom. The lowest BCUT2D eigenvalue weighted by atomic mass is 9.88. The third-order valence-electron chi connectivity index (χ3n) is 7.34. The fourth-order valence-electron chi connectivity index (χ4n) is 5.06. The zero-order valence-corrected chi connectivity index (χ0v) is 26.2. The number of thiocarbonyl (C=S) groups is 1. The fraction of sp³-hybridized carbons (Fsp3) is 0.455. The van der Waals surface area contributed by atoms with Crippen LogP contribution in [0.15, 0.2) is 33.5 Å². The van der Waals surface area contributed by atoms with Crippen molar-refractivity contribution in [2.75, 3.05) is 13.7 Å². The number of alkyl halides is 3. The van der Waals surface area contributed by atoms with Crippen LogP contribution in [0.3, 0.4) is 0 Å². The Balaban J connectivity index is 1.82. The number of esters is 1. The molecule has 0 amide bonds. The van der Waals surface area contributed by atoms with Gasteiger partial charge in [0.25, 0.3) is 0 Å². The van der Waals surface area contributed by atoms with Crippen molar-refractivity contribution in [2.24, 2.45) is 0 Å². The second-order valence-electron chi connectivity index (χ2n) is 10.7. The highest BCUT2D eigenvalue weighted by Gasteiger charge is 2.34. The van der Waals surface area contributed by atoms with Crippen molar-refractivity contribution >= 4 is 41.0 Å². The lowest BCUT2D eigenvalue weighted by Crippen LogP contribution is -2.46. The van der Waals surface area contributed by atoms with E-state index in [1.807, 2.05) is 6.92 Å². The monoisotopic (exact) mass is 650 g/mol. The largest absolute Gasteiger partial charge is 0.507 e. The van der Waals surface area contributed by atoms with Gasteiger partial charge in [-0.15, -0.1) is 0 Å². The number of aromatic hydroxyl groups is 1. The zero-order chi connectivity index (χ0) is 33.3. The summed E-state index contributed by atoms with van der Waals surface area (Å²) in [6.07, 6.45) is 0.869. The summed E-state index contributed by atoms with van der Waals surface area (Å²) in [4.78, 5) is 38.5. The number of carbonyl (C=O) groups is 2. The average Bonchev–Trinajstić information content (AvgIpc) is 2.98. The van der Waals surface area contributed by atoms with Crippen LogP contribution in [0.2, 0.25) is 0 Å². The zero-order valence-electron chi connectivity index (χ0n) is 25.4. The molecule has 2 aromatic rings. The first-order chi connectivity index (χ1) is 21.3. The number of benzene rings is 1. The van der Waals surface area contributed by atoms with Crippen molar-refractivity contribution in [1.29, 1.82) is 0 Å². The van der Waals surface area contributed by atoms with E-state index in [0.29, 0.717) is 41.9 Å². The van der Waals surface area contributed by atoms with E-state index in [0.717, 1.165) is 13.5 Å². The predicted molar refractivity (Wildman–Crippen MR) is 166 cm³/mol. The molecule has 0 radical (unpaired) electrons. The van der Waals surface area contributed by atoms with E-state index in [-0.39, 0.29) is 46.3 Å². The highest BCUT2D eigenvalue weighted by atomic mass is 32.1. The van der Waals surface area contributed by atoms with E-state index >= 15 is 0 Å². The number of unbranched alkanes of at least 4 members (excludes halogenated alkanes) is 2. The molecule has 0 saturated heterocycles. The second kappa shape index (κ2) is 16.0. The standard InChI is InChI=1S/C33H37F3O8S/c1-4-9-23-26(14-13-21(19(2)37)29(23)39)43-17-8-6-5-7-10-22(25(38)15-16-33(34,35)36)28-30(40)24-12-11-20(45)18-27(24)44-31(28)32(41)42-3/h7,10,12-14,18,22,25,38-39H,4-6,8-9,11,15-17H2,1-3H3/b10-7-/t22-,25-/m1/s1. The Morgan fingerprint density at radius 1 is 1.22 bits per heavy atom. The maximum absolute atomic E-state index is 13.6. The number of Topliss-reactive ketones (excluding diaryl/α,β-unsaturated/α-hetero) is 1. The van der Waals surface area contributed by atoms with Gasteiger partial charge in [-0.2, -0.15) is 13.2 Å². The van der Waals surface area contributed by atoms with E-state index in [1.165, 1.54) is 31.2 Å². The lowest BCUT2D eigenvalue weighted by molar-refractivity contribution is -0.140. The Bertz CT molecular complexity index is 1620. The molecule has 0 bridgehead atoms. The second-order valence-corrected chi connectivity index (χ2v) is 11.3. The average molecular weight is 651 g/mol. The van der Waals surface area contributed by atoms with Crippen LogP contribution in [0, 0.1) is 0 Å². The molecule has 2 atom stereocenters. The number of rotatable bonds is 15. The summed E-state index contributed by atoms with van der Waals surface area (Å²) >= 11 is 5.17. The molecule has 0 spiro atoms. The maximum atomic E-state index is 13.6. The molecule has 0 aliphatic heterocycles. The van der Waals surface area contributed by atoms with Crippen LogP contribution in [-0.2, 0) is 11.2 Å². The van der Waals surface area contributed by atoms with E-state index in [4.69, 9.17) is 26.1 Å². The van der Waals surface area contributed by atoms with Gasteiger partial charge in [-0.1, -0.05) is 43.8 Å². The Kier molecular flexibility index (Phi) is 12.7. The Labute approximate surface area is 263 Å². The number of hydrogen-bond acceptors (Lipinski definition) is 9. The number of phenols is 1. The lowest BCUT2D eigenvalue weighted by Gasteiger charge is -2.22. The van der Waals surface area contributed by atoms with Gasteiger partial charge in [0.05, 0.1) is 36.2 Å². The van der Waals surface area contributed by atoms with Gasteiger partial charge in [0, 0.05) is 29.2 Å². The molecule has 2 N–H and O–H groups in total. The van der Waals surface area contributed by atoms with Crippen LogP contribution in [-0.4, -0.2) is 52.8 Å². The fourth-order valence-corrected chi connectivity index (χ4v) is 5.25. The molecule has 244 valence electrons. The summed E-state index contributed by atoms with van der Waals surface area (Å²) in [5.41, 5.74) is -0.122. The first-order valence-electron chi connectivity index (χ1n) is 14.7. The highest BCUT2D eigenvalue weighted by Crippen LogP contribution is 2.33. The van der Waals surface area contributed by atoms with Crippen molar-refractivity contribution < 1.29 is 46.9 Å². The number of aliphatic hydroxyl groups excluding tert-OH is 1. The van der Waals surface area contributed by atoms with Gasteiger partial charge in [0.1, 0.15) is 16.9 Å². The summed E-state index contributed by atoms with van der Waals surface area (Å²) in [5.74, 6) is -2.67. The highest BCUT2D eigenvalue weighted by molar-refractivity contribution is 7.81. The van der Waals surface area contributed by atoms with E-state index in [2.05, 4.69) is 0 Å². The number of ketones is 1. The van der Waals surface area contributed by atoms with Crippen LogP contribution in [0.25, 0.3) is 12.2 Å². The third kappa shape index (κ3) is 9.37. The van der Waals surface area contributed by atoms with Crippen LogP contribution >= 0.6 is 12.2 Å². The number of allylic oxidation sites excluding steroid dienone is 1. The van der Waals surface area contributed by atoms with Gasteiger partial charge < -0.3 is 24.1 Å². The number of fused-ring (bicyclic) bond motifs is 1. The third-order valence-corrected chi connectivity index (χ3v) is 7.62. The molecule has 0 fully saturated rings. The molecule has 1 aromatic heterocycles. The summed E-state index contributed by atoms with van der Waals surface area (Å²) < 4.78 is 55.5. The van der Waals surface area contributed by atoms with Gasteiger partial charge in [-0.25, -0.2) is 4.79 Å². The molecular formula is C33H37F3O8S. The van der Waals surface area contributed by atoms with Gasteiger partial charge >= 0.3 is 12.1 Å². The number of phenolic OH excluding ortho intramolecular Hbond substituents is 1. The number of ether oxygens (including phenoxy) is 2. The number of carbonyl (C=O) groups excluding carboxylic acids is 2. The molecule has 1 heterocycles. The van der Waals surface area contributed by atoms with Crippen molar-refractivity contribution in [1.82, 2.24) is 0 Å². The van der Waals surface area contributed by atoms with Gasteiger partial charge in [-0.3, -0.25) is 9.59 Å². The minimum Gasteiger partial charge on any atom is -0.507 e. The first kappa shape index (κ1) is 35.7. The van der Waals surface area contributed by atoms with Crippen molar-refractivity contribution in [3.8, 4) is 11.5 Å². The molecule has 1 aliphatic rings. The summed E-state index contributed by atoms with van der Waals surface area (Å²) in [5, 5.41) is 21.5. The molecule has 12 heteroatoms. The summed E-state index contributed by atoms with van der Waals surface area (Å²) in [7, 11) is 1.07. The van der Waals surface area contributed by atoms with Gasteiger partial charge in [-0.05, 0) is 57.2 Å². The minimum absolute atomic E-state index is 0.0410. The first-order valence-corrected chi connectivity index (χ1v) is 15.1. The molecule has 1 aliphatic carbocycles. The van der Waals surface area contributed by atoms with Crippen LogP contribution in [0.1, 0.15) is 96.8 Å². The minimum atomic E-state index is -4.54. The molecule has 3 rings (SSSR count). The van der Waals surface area contributed by atoms with Crippen LogP contribution in [0.5, 0.6) is 11.5 Å². The van der Waals surface area contributed by atoms with Crippen molar-refractivity contribution in [2.45, 2.75) is 83.4 Å². The summed E-state index contributed by atoms with van der Waals surface area (Å²) in [6.45, 7) is 3.60. The molecule has 45 heavy (non-hydrogen) atoms. The molecular weight excluding hydrogens is 613 g/mol. The predicted octanol–water partition coefficient (Wildman–Crippen LogP) is 5.21. The van der Waals surface area contributed by atoms with Crippen LogP contribution in [0.4, 0.5) is 13.2 Å². The molecule has 1 aromatic carbocycles. The van der Waals surface area contributed by atoms with E-state index in [1.54, 1.807) is 12.1 Å². The Morgan fingerprint density at radius 2 is 1.96 bits per heavy atom. The maximum Gasteiger partial charge on any atom is 0.389 e. The van der Waals surface area contributed by atoms with Crippen molar-refractivity contribution in [3.63, 3.8) is 0 Å². The number of aliphatic hydroxyl groups is 1. The molecule has 8 nitrogen and oxygen atoms in total. The number of methoxy groups -OCH3 is 1. The van der Waals surface area contributed by atoms with Crippen molar-refractivity contribution in [3.05, 3.63) is 67.6 Å². The van der Waals surface area contributed by atoms with Crippen LogP contribution < -0.4 is 20.8 Å². The quantitative estimate of drug-likeness (QED) is 0.0879. The van der Waals surface area contributed by atoms with E-state index in [9.17, 15) is 37.8 Å². The molecule has 0 saturated carbocycles. The molecule has 0 unspecified atom stereocenters. The topological polar surface area (TPSA) is 123 Å². The smallest absolute Gasteiger partial charge is 0.389 e.